The average molecular weight is 1100 g/mol. The second-order valence-electron chi connectivity index (χ2n) is 20.9. The van der Waals surface area contributed by atoms with E-state index in [4.69, 9.17) is 14.2 Å². The fourth-order valence-corrected chi connectivity index (χ4v) is 8.48. The quantitative estimate of drug-likeness (QED) is 0.0261. The van der Waals surface area contributed by atoms with E-state index < -0.39 is 6.10 Å². The molecule has 0 radical (unpaired) electrons. The van der Waals surface area contributed by atoms with Crippen molar-refractivity contribution >= 4 is 17.9 Å². The van der Waals surface area contributed by atoms with Crippen LogP contribution in [0.5, 0.6) is 0 Å². The Bertz CT molecular complexity index is 1790. The van der Waals surface area contributed by atoms with Crippen LogP contribution < -0.4 is 0 Å². The first-order chi connectivity index (χ1) is 39.5. The van der Waals surface area contributed by atoms with Gasteiger partial charge in [-0.1, -0.05) is 281 Å². The van der Waals surface area contributed by atoms with Crippen molar-refractivity contribution in [2.24, 2.45) is 0 Å². The third-order valence-electron chi connectivity index (χ3n) is 13.3. The van der Waals surface area contributed by atoms with E-state index in [1.807, 2.05) is 0 Å². The van der Waals surface area contributed by atoms with Gasteiger partial charge in [0.1, 0.15) is 13.2 Å². The zero-order valence-corrected chi connectivity index (χ0v) is 51.5. The van der Waals surface area contributed by atoms with Crippen molar-refractivity contribution in [2.75, 3.05) is 13.2 Å². The Hall–Kier alpha value is -4.97. The van der Waals surface area contributed by atoms with Gasteiger partial charge in [0.15, 0.2) is 6.10 Å². The van der Waals surface area contributed by atoms with Crippen molar-refractivity contribution < 1.29 is 28.6 Å². The first-order valence-electron chi connectivity index (χ1n) is 32.5. The van der Waals surface area contributed by atoms with Crippen molar-refractivity contribution in [2.45, 2.75) is 277 Å². The van der Waals surface area contributed by atoms with Crippen LogP contribution in [0.25, 0.3) is 0 Å². The maximum Gasteiger partial charge on any atom is 0.306 e. The SMILES string of the molecule is CC/C=C\C/C=C\C/C=C\C/C=C\C/C=C\C/C=C\C/C=C\C/C=C\CCCCC(=O)OCC(COC(=O)CCCCCCCCCC)OC(=O)CCCCCCCCCCCCC/C=C\C/C=C\C/C=C\C/C=C\C/C=C\CC. The third-order valence-corrected chi connectivity index (χ3v) is 13.3. The van der Waals surface area contributed by atoms with Crippen LogP contribution in [0, 0.1) is 0 Å². The number of allylic oxidation sites excluding steroid dienone is 26. The third kappa shape index (κ3) is 63.9. The minimum absolute atomic E-state index is 0.0974. The van der Waals surface area contributed by atoms with Crippen LogP contribution in [0.1, 0.15) is 271 Å². The topological polar surface area (TPSA) is 78.9 Å². The Balaban J connectivity index is 4.30. The molecule has 1 atom stereocenters. The Kier molecular flexibility index (Phi) is 62.4. The van der Waals surface area contributed by atoms with Crippen molar-refractivity contribution in [3.63, 3.8) is 0 Å². The monoisotopic (exact) mass is 1100 g/mol. The molecule has 0 N–H and O–H groups in total. The van der Waals surface area contributed by atoms with Gasteiger partial charge in [0.25, 0.3) is 0 Å². The zero-order chi connectivity index (χ0) is 57.8. The highest BCUT2D eigenvalue weighted by Crippen LogP contribution is 2.15. The van der Waals surface area contributed by atoms with Gasteiger partial charge in [-0.05, 0) is 128 Å². The van der Waals surface area contributed by atoms with Crippen LogP contribution in [-0.2, 0) is 28.6 Å². The van der Waals surface area contributed by atoms with Gasteiger partial charge in [0.05, 0.1) is 0 Å². The summed E-state index contributed by atoms with van der Waals surface area (Å²) < 4.78 is 16.8. The lowest BCUT2D eigenvalue weighted by molar-refractivity contribution is -0.167. The number of hydrogen-bond donors (Lipinski definition) is 0. The molecule has 0 saturated heterocycles. The number of hydrogen-bond acceptors (Lipinski definition) is 6. The first-order valence-corrected chi connectivity index (χ1v) is 32.5. The molecule has 0 aromatic heterocycles. The maximum atomic E-state index is 12.9. The lowest BCUT2D eigenvalue weighted by atomic mass is 10.0. The normalized spacial score (nSPS) is 13.2. The molecule has 0 spiro atoms. The standard InChI is InChI=1S/C74H118O6/c1-4-7-10-13-16-19-21-23-25-27-29-31-33-35-37-39-41-43-45-47-49-51-53-55-58-61-64-67-73(76)79-70-71(69-78-72(75)66-63-60-57-18-15-12-9-6-3)80-74(77)68-65-62-59-56-54-52-50-48-46-44-42-40-38-36-34-32-30-28-26-24-22-20-17-14-11-8-5-2/h7-8,10-11,16-17,19-20,23-26,29-32,35-38,41,43,47,49,53,55,71H,4-6,9,12-15,18,21-22,27-28,33-34,39-40,42,44-46,48,50-52,54,56-70H2,1-3H3/b10-7-,11-8-,19-16-,20-17-,25-23-,26-24-,31-29-,32-30-,37-35-,38-36-,43-41-,49-47-,55-53-. The molecule has 0 heterocycles. The molecule has 0 aromatic carbocycles. The minimum atomic E-state index is -0.803. The number of carbonyl (C=O) groups excluding carboxylic acids is 3. The van der Waals surface area contributed by atoms with E-state index >= 15 is 0 Å². The van der Waals surface area contributed by atoms with E-state index in [1.54, 1.807) is 0 Å². The van der Waals surface area contributed by atoms with E-state index in [2.05, 4.69) is 179 Å². The molecule has 0 aliphatic carbocycles. The van der Waals surface area contributed by atoms with Gasteiger partial charge >= 0.3 is 17.9 Å². The molecule has 0 fully saturated rings. The first kappa shape index (κ1) is 75.0. The number of ether oxygens (including phenoxy) is 3. The van der Waals surface area contributed by atoms with Gasteiger partial charge in [0.2, 0.25) is 0 Å². The van der Waals surface area contributed by atoms with Crippen LogP contribution in [0.15, 0.2) is 158 Å². The second-order valence-corrected chi connectivity index (χ2v) is 20.9. The predicted molar refractivity (Wildman–Crippen MR) is 348 cm³/mol. The van der Waals surface area contributed by atoms with Gasteiger partial charge in [-0.25, -0.2) is 0 Å². The van der Waals surface area contributed by atoms with Crippen LogP contribution >= 0.6 is 0 Å². The number of esters is 3. The second kappa shape index (κ2) is 66.5. The lowest BCUT2D eigenvalue weighted by Gasteiger charge is -2.18. The van der Waals surface area contributed by atoms with Gasteiger partial charge in [0, 0.05) is 19.3 Å². The van der Waals surface area contributed by atoms with Crippen LogP contribution in [0.2, 0.25) is 0 Å². The summed E-state index contributed by atoms with van der Waals surface area (Å²) >= 11 is 0. The Labute approximate surface area is 492 Å². The van der Waals surface area contributed by atoms with E-state index in [0.29, 0.717) is 25.7 Å². The molecule has 80 heavy (non-hydrogen) atoms. The Morgan fingerprint density at radius 3 is 0.787 bits per heavy atom. The highest BCUT2D eigenvalue weighted by atomic mass is 16.6. The molecule has 0 aliphatic heterocycles. The number of rotatable bonds is 57. The lowest BCUT2D eigenvalue weighted by Crippen LogP contribution is -2.30. The summed E-state index contributed by atoms with van der Waals surface area (Å²) in [4.78, 5) is 38.2. The largest absolute Gasteiger partial charge is 0.462 e. The highest BCUT2D eigenvalue weighted by Gasteiger charge is 2.19. The molecule has 1 unspecified atom stereocenters. The fourth-order valence-electron chi connectivity index (χ4n) is 8.48. The summed E-state index contributed by atoms with van der Waals surface area (Å²) in [6, 6.07) is 0. The maximum absolute atomic E-state index is 12.9. The van der Waals surface area contributed by atoms with Gasteiger partial charge in [-0.3, -0.25) is 14.4 Å². The summed E-state index contributed by atoms with van der Waals surface area (Å²) in [7, 11) is 0. The number of carbonyl (C=O) groups is 3. The van der Waals surface area contributed by atoms with E-state index in [-0.39, 0.29) is 31.1 Å². The summed E-state index contributed by atoms with van der Waals surface area (Å²) in [5.41, 5.74) is 0. The van der Waals surface area contributed by atoms with Crippen molar-refractivity contribution in [3.8, 4) is 0 Å². The summed E-state index contributed by atoms with van der Waals surface area (Å²) in [6.07, 6.45) is 97.0. The molecule has 0 saturated carbocycles. The highest BCUT2D eigenvalue weighted by molar-refractivity contribution is 5.71. The van der Waals surface area contributed by atoms with Crippen molar-refractivity contribution in [3.05, 3.63) is 158 Å². The Morgan fingerprint density at radius 2 is 0.487 bits per heavy atom. The molecule has 0 bridgehead atoms. The molecule has 0 rings (SSSR count). The number of unbranched alkanes of at least 4 members (excludes halogenated alkanes) is 20. The van der Waals surface area contributed by atoms with Gasteiger partial charge in [-0.2, -0.15) is 0 Å². The molecule has 450 valence electrons. The predicted octanol–water partition coefficient (Wildman–Crippen LogP) is 22.5. The van der Waals surface area contributed by atoms with Crippen molar-refractivity contribution in [1.82, 2.24) is 0 Å². The van der Waals surface area contributed by atoms with Crippen LogP contribution in [0.3, 0.4) is 0 Å². The summed E-state index contributed by atoms with van der Waals surface area (Å²) in [5, 5.41) is 0. The molecule has 0 aromatic rings. The average Bonchev–Trinajstić information content (AvgIpc) is 3.46. The minimum Gasteiger partial charge on any atom is -0.462 e. The molecular weight excluding hydrogens is 985 g/mol. The molecule has 0 amide bonds. The summed E-state index contributed by atoms with van der Waals surface area (Å²) in [6.45, 7) is 6.34. The van der Waals surface area contributed by atoms with E-state index in [9.17, 15) is 14.4 Å². The Morgan fingerprint density at radius 1 is 0.263 bits per heavy atom. The van der Waals surface area contributed by atoms with Crippen LogP contribution in [-0.4, -0.2) is 37.2 Å². The van der Waals surface area contributed by atoms with Gasteiger partial charge in [-0.15, -0.1) is 0 Å². The van der Waals surface area contributed by atoms with Crippen LogP contribution in [0.4, 0.5) is 0 Å². The van der Waals surface area contributed by atoms with E-state index in [0.717, 1.165) is 135 Å². The smallest absolute Gasteiger partial charge is 0.306 e. The summed E-state index contributed by atoms with van der Waals surface area (Å²) in [5.74, 6) is -0.953. The van der Waals surface area contributed by atoms with Gasteiger partial charge < -0.3 is 14.2 Å². The van der Waals surface area contributed by atoms with E-state index in [1.165, 1.54) is 89.9 Å². The molecule has 6 heteroatoms. The van der Waals surface area contributed by atoms with Crippen molar-refractivity contribution in [1.29, 1.82) is 0 Å². The molecule has 0 aliphatic rings. The zero-order valence-electron chi connectivity index (χ0n) is 51.5. The molecule has 6 nitrogen and oxygen atoms in total. The fraction of sp³-hybridized carbons (Fsp3) is 0.608. The molecular formula is C74H118O6.